The second kappa shape index (κ2) is 2.63. The largest absolute Gasteiger partial charge is 0.384 e. The van der Waals surface area contributed by atoms with Gasteiger partial charge in [-0.25, -0.2) is 9.97 Å². The number of nitrogens with zero attached hydrogens (tertiary/aromatic N) is 4. The van der Waals surface area contributed by atoms with Crippen LogP contribution in [0, 0.1) is 22.7 Å². The van der Waals surface area contributed by atoms with Gasteiger partial charge in [0.1, 0.15) is 23.7 Å². The molecule has 5 nitrogen and oxygen atoms in total. The molecule has 0 atom stereocenters. The van der Waals surface area contributed by atoms with Gasteiger partial charge in [-0.2, -0.15) is 10.5 Å². The third-order valence-corrected chi connectivity index (χ3v) is 0.961. The third kappa shape index (κ3) is 1.41. The highest BCUT2D eigenvalue weighted by atomic mass is 14.9. The zero-order chi connectivity index (χ0) is 8.27. The van der Waals surface area contributed by atoms with E-state index in [4.69, 9.17) is 16.3 Å². The van der Waals surface area contributed by atoms with Crippen molar-refractivity contribution in [3.63, 3.8) is 0 Å². The Bertz CT molecular complexity index is 324. The molecule has 0 aromatic carbocycles. The van der Waals surface area contributed by atoms with Gasteiger partial charge in [0, 0.05) is 6.07 Å². The van der Waals surface area contributed by atoms with E-state index < -0.39 is 0 Å². The Morgan fingerprint density at radius 2 is 2.00 bits per heavy atom. The first-order chi connectivity index (χ1) is 5.26. The lowest BCUT2D eigenvalue weighted by Gasteiger charge is -1.91. The molecule has 0 aliphatic carbocycles. The fourth-order valence-corrected chi connectivity index (χ4v) is 0.573. The van der Waals surface area contributed by atoms with Crippen molar-refractivity contribution in [3.05, 3.63) is 17.6 Å². The van der Waals surface area contributed by atoms with Gasteiger partial charge in [-0.15, -0.1) is 0 Å². The van der Waals surface area contributed by atoms with Gasteiger partial charge < -0.3 is 5.73 Å². The molecule has 2 N–H and O–H groups in total. The van der Waals surface area contributed by atoms with E-state index in [0.717, 1.165) is 0 Å². The maximum atomic E-state index is 8.38. The first kappa shape index (κ1) is 6.97. The number of rotatable bonds is 0. The van der Waals surface area contributed by atoms with Crippen molar-refractivity contribution in [3.8, 4) is 12.1 Å². The molecule has 52 valence electrons. The SMILES string of the molecule is N#Cc1cc(N)nc(C#N)n1. The number of nitrogens with two attached hydrogens (primary N) is 1. The van der Waals surface area contributed by atoms with Crippen LogP contribution < -0.4 is 5.73 Å². The molecule has 0 amide bonds. The van der Waals surface area contributed by atoms with Crippen molar-refractivity contribution in [2.75, 3.05) is 5.73 Å². The summed E-state index contributed by atoms with van der Waals surface area (Å²) in [6.07, 6.45) is 0. The first-order valence-electron chi connectivity index (χ1n) is 2.71. The predicted molar refractivity (Wildman–Crippen MR) is 35.9 cm³/mol. The van der Waals surface area contributed by atoms with Gasteiger partial charge in [0.2, 0.25) is 5.82 Å². The molecule has 0 aliphatic heterocycles. The van der Waals surface area contributed by atoms with Crippen LogP contribution in [-0.4, -0.2) is 9.97 Å². The van der Waals surface area contributed by atoms with Gasteiger partial charge in [0.25, 0.3) is 0 Å². The van der Waals surface area contributed by atoms with Gasteiger partial charge in [0.05, 0.1) is 0 Å². The minimum atomic E-state index is -0.0819. The van der Waals surface area contributed by atoms with Gasteiger partial charge in [-0.05, 0) is 0 Å². The Kier molecular flexibility index (Phi) is 1.67. The molecule has 5 heteroatoms. The Morgan fingerprint density at radius 3 is 2.55 bits per heavy atom. The van der Waals surface area contributed by atoms with E-state index in [9.17, 15) is 0 Å². The zero-order valence-corrected chi connectivity index (χ0v) is 5.44. The van der Waals surface area contributed by atoms with Crippen molar-refractivity contribution in [2.45, 2.75) is 0 Å². The van der Waals surface area contributed by atoms with E-state index in [-0.39, 0.29) is 17.3 Å². The number of hydrogen-bond donors (Lipinski definition) is 1. The maximum absolute atomic E-state index is 8.38. The summed E-state index contributed by atoms with van der Waals surface area (Å²) in [5.41, 5.74) is 5.36. The number of nitrogen functional groups attached to an aromatic ring is 1. The molecule has 1 aromatic rings. The van der Waals surface area contributed by atoms with E-state index in [1.165, 1.54) is 6.07 Å². The molecule has 0 saturated carbocycles. The van der Waals surface area contributed by atoms with Crippen LogP contribution in [0.4, 0.5) is 5.82 Å². The zero-order valence-electron chi connectivity index (χ0n) is 5.44. The van der Waals surface area contributed by atoms with Crippen LogP contribution in [0.3, 0.4) is 0 Å². The molecule has 0 aliphatic rings. The fourth-order valence-electron chi connectivity index (χ4n) is 0.573. The average Bonchev–Trinajstić information content (AvgIpc) is 2.03. The van der Waals surface area contributed by atoms with Crippen LogP contribution in [0.2, 0.25) is 0 Å². The first-order valence-corrected chi connectivity index (χ1v) is 2.71. The third-order valence-electron chi connectivity index (χ3n) is 0.961. The summed E-state index contributed by atoms with van der Waals surface area (Å²) in [4.78, 5) is 7.11. The summed E-state index contributed by atoms with van der Waals surface area (Å²) in [6.45, 7) is 0. The van der Waals surface area contributed by atoms with Crippen molar-refractivity contribution < 1.29 is 0 Å². The van der Waals surface area contributed by atoms with Gasteiger partial charge >= 0.3 is 0 Å². The van der Waals surface area contributed by atoms with Gasteiger partial charge in [-0.3, -0.25) is 0 Å². The lowest BCUT2D eigenvalue weighted by Crippen LogP contribution is -1.97. The Morgan fingerprint density at radius 1 is 1.27 bits per heavy atom. The highest BCUT2D eigenvalue weighted by Gasteiger charge is 1.99. The molecular weight excluding hydrogens is 142 g/mol. The highest BCUT2D eigenvalue weighted by molar-refractivity contribution is 5.37. The van der Waals surface area contributed by atoms with Crippen molar-refractivity contribution in [1.29, 1.82) is 10.5 Å². The molecule has 0 bridgehead atoms. The monoisotopic (exact) mass is 145 g/mol. The van der Waals surface area contributed by atoms with Crippen molar-refractivity contribution >= 4 is 5.82 Å². The van der Waals surface area contributed by atoms with Crippen LogP contribution in [0.25, 0.3) is 0 Å². The molecular formula is C6H3N5. The van der Waals surface area contributed by atoms with Crippen molar-refractivity contribution in [2.24, 2.45) is 0 Å². The maximum Gasteiger partial charge on any atom is 0.235 e. The van der Waals surface area contributed by atoms with Crippen molar-refractivity contribution in [1.82, 2.24) is 9.97 Å². The summed E-state index contributed by atoms with van der Waals surface area (Å²) in [6, 6.07) is 4.76. The normalized spacial score (nSPS) is 8.18. The molecule has 1 rings (SSSR count). The summed E-state index contributed by atoms with van der Waals surface area (Å²) in [5.74, 6) is 0.0506. The molecule has 0 saturated heterocycles. The summed E-state index contributed by atoms with van der Waals surface area (Å²) < 4.78 is 0. The lowest BCUT2D eigenvalue weighted by molar-refractivity contribution is 1.10. The van der Waals surface area contributed by atoms with E-state index in [2.05, 4.69) is 9.97 Å². The minimum Gasteiger partial charge on any atom is -0.384 e. The highest BCUT2D eigenvalue weighted by Crippen LogP contribution is 1.99. The Labute approximate surface area is 62.7 Å². The molecule has 0 radical (unpaired) electrons. The smallest absolute Gasteiger partial charge is 0.235 e. The quantitative estimate of drug-likeness (QED) is 0.545. The van der Waals surface area contributed by atoms with Crippen LogP contribution >= 0.6 is 0 Å². The van der Waals surface area contributed by atoms with Gasteiger partial charge in [-0.1, -0.05) is 0 Å². The van der Waals surface area contributed by atoms with E-state index in [1.54, 1.807) is 12.1 Å². The molecule has 1 heterocycles. The van der Waals surface area contributed by atoms with E-state index in [0.29, 0.717) is 0 Å². The molecule has 0 unspecified atom stereocenters. The molecule has 1 aromatic heterocycles. The van der Waals surface area contributed by atoms with Crippen LogP contribution in [0.5, 0.6) is 0 Å². The fraction of sp³-hybridized carbons (Fsp3) is 0. The number of anilines is 1. The average molecular weight is 145 g/mol. The second-order valence-corrected chi connectivity index (χ2v) is 1.73. The number of aromatic nitrogens is 2. The summed E-state index contributed by atoms with van der Waals surface area (Å²) >= 11 is 0. The Hall–Kier alpha value is -2.14. The summed E-state index contributed by atoms with van der Waals surface area (Å²) in [5, 5.41) is 16.7. The van der Waals surface area contributed by atoms with Gasteiger partial charge in [0.15, 0.2) is 0 Å². The van der Waals surface area contributed by atoms with Crippen LogP contribution in [-0.2, 0) is 0 Å². The second-order valence-electron chi connectivity index (χ2n) is 1.73. The van der Waals surface area contributed by atoms with Crippen LogP contribution in [0.1, 0.15) is 11.5 Å². The predicted octanol–water partition coefficient (Wildman–Crippen LogP) is -0.198. The lowest BCUT2D eigenvalue weighted by atomic mass is 10.4. The molecule has 11 heavy (non-hydrogen) atoms. The van der Waals surface area contributed by atoms with E-state index in [1.807, 2.05) is 0 Å². The summed E-state index contributed by atoms with van der Waals surface area (Å²) in [7, 11) is 0. The molecule has 0 spiro atoms. The number of hydrogen-bond acceptors (Lipinski definition) is 5. The van der Waals surface area contributed by atoms with Crippen LogP contribution in [0.15, 0.2) is 6.07 Å². The minimum absolute atomic E-state index is 0.0819. The topological polar surface area (TPSA) is 99.4 Å². The Balaban J connectivity index is 3.28. The standard InChI is InChI=1S/C6H3N5/c7-2-4-1-5(9)11-6(3-8)10-4/h1H,(H2,9,10,11). The van der Waals surface area contributed by atoms with E-state index >= 15 is 0 Å². The molecule has 0 fully saturated rings. The number of nitriles is 2.